The number of rotatable bonds is 2. The molecule has 0 spiro atoms. The molecular formula is C32H28ClNO5. The van der Waals surface area contributed by atoms with Crippen LogP contribution in [0.1, 0.15) is 47.9 Å². The third kappa shape index (κ3) is 3.69. The Kier molecular flexibility index (Phi) is 5.81. The van der Waals surface area contributed by atoms with Gasteiger partial charge in [0.25, 0.3) is 0 Å². The predicted octanol–water partition coefficient (Wildman–Crippen LogP) is 5.60. The van der Waals surface area contributed by atoms with Crippen molar-refractivity contribution in [3.8, 4) is 5.75 Å². The van der Waals surface area contributed by atoms with Gasteiger partial charge in [0.15, 0.2) is 11.6 Å². The summed E-state index contributed by atoms with van der Waals surface area (Å²) in [5.41, 5.74) is 5.55. The minimum absolute atomic E-state index is 0.177. The van der Waals surface area contributed by atoms with E-state index in [1.165, 1.54) is 11.0 Å². The molecular weight excluding hydrogens is 514 g/mol. The normalized spacial score (nSPS) is 26.3. The highest BCUT2D eigenvalue weighted by Gasteiger charge is 2.56. The molecule has 2 aromatic rings. The second-order valence-corrected chi connectivity index (χ2v) is 11.6. The Morgan fingerprint density at radius 3 is 2.26 bits per heavy atom. The van der Waals surface area contributed by atoms with Crippen LogP contribution in [0.2, 0.25) is 5.02 Å². The largest absolute Gasteiger partial charge is 0.507 e. The van der Waals surface area contributed by atoms with E-state index in [1.54, 1.807) is 39.0 Å². The van der Waals surface area contributed by atoms with E-state index in [9.17, 15) is 24.3 Å². The maximum atomic E-state index is 14.0. The summed E-state index contributed by atoms with van der Waals surface area (Å²) in [6, 6.07) is 8.85. The van der Waals surface area contributed by atoms with Crippen molar-refractivity contribution in [1.29, 1.82) is 0 Å². The van der Waals surface area contributed by atoms with Crippen LogP contribution in [0.25, 0.3) is 0 Å². The summed E-state index contributed by atoms with van der Waals surface area (Å²) in [4.78, 5) is 55.7. The van der Waals surface area contributed by atoms with Crippen molar-refractivity contribution in [2.45, 2.75) is 46.5 Å². The Morgan fingerprint density at radius 1 is 0.897 bits per heavy atom. The van der Waals surface area contributed by atoms with Crippen molar-refractivity contribution in [2.75, 3.05) is 4.90 Å². The first-order valence-electron chi connectivity index (χ1n) is 13.1. The number of benzene rings is 2. The fraction of sp³-hybridized carbons (Fsp3) is 0.312. The number of anilines is 1. The SMILES string of the molecule is CC1=CC(=O)C2=C(C1=O)C(c1cc(C)c(O)c(C)c1)C1=CCC3C(=O)N(c4ccc(C)c(Cl)c4)C(=O)C3C1C2. The van der Waals surface area contributed by atoms with E-state index in [0.717, 1.165) is 16.7 Å². The zero-order chi connectivity index (χ0) is 27.9. The summed E-state index contributed by atoms with van der Waals surface area (Å²) < 4.78 is 0. The number of phenols is 1. The van der Waals surface area contributed by atoms with Crippen LogP contribution in [-0.4, -0.2) is 28.5 Å². The number of nitrogens with zero attached hydrogens (tertiary/aromatic N) is 1. The molecule has 1 aliphatic heterocycles. The lowest BCUT2D eigenvalue weighted by Crippen LogP contribution is -2.39. The first kappa shape index (κ1) is 25.5. The number of aryl methyl sites for hydroxylation is 3. The van der Waals surface area contributed by atoms with E-state index in [-0.39, 0.29) is 35.6 Å². The third-order valence-corrected chi connectivity index (χ3v) is 9.23. The van der Waals surface area contributed by atoms with Gasteiger partial charge in [-0.1, -0.05) is 41.4 Å². The van der Waals surface area contributed by atoms with Crippen molar-refractivity contribution >= 4 is 40.7 Å². The summed E-state index contributed by atoms with van der Waals surface area (Å²) in [5.74, 6) is -2.94. The van der Waals surface area contributed by atoms with Crippen molar-refractivity contribution < 1.29 is 24.3 Å². The van der Waals surface area contributed by atoms with Crippen molar-refractivity contribution in [2.24, 2.45) is 17.8 Å². The van der Waals surface area contributed by atoms with Gasteiger partial charge in [-0.05, 0) is 86.9 Å². The van der Waals surface area contributed by atoms with Gasteiger partial charge < -0.3 is 5.11 Å². The van der Waals surface area contributed by atoms with Crippen LogP contribution in [-0.2, 0) is 19.2 Å². The van der Waals surface area contributed by atoms with Gasteiger partial charge in [0.1, 0.15) is 5.75 Å². The van der Waals surface area contributed by atoms with Gasteiger partial charge in [-0.15, -0.1) is 0 Å². The Labute approximate surface area is 231 Å². The maximum Gasteiger partial charge on any atom is 0.238 e. The summed E-state index contributed by atoms with van der Waals surface area (Å²) in [7, 11) is 0. The number of fused-ring (bicyclic) bond motifs is 3. The summed E-state index contributed by atoms with van der Waals surface area (Å²) in [5, 5.41) is 10.9. The number of carbonyl (C=O) groups excluding carboxylic acids is 4. The monoisotopic (exact) mass is 541 g/mol. The van der Waals surface area contributed by atoms with Gasteiger partial charge in [0.2, 0.25) is 11.8 Å². The minimum atomic E-state index is -0.650. The number of hydrogen-bond acceptors (Lipinski definition) is 5. The molecule has 0 radical (unpaired) electrons. The number of halogens is 1. The van der Waals surface area contributed by atoms with Gasteiger partial charge in [0.05, 0.1) is 17.5 Å². The lowest BCUT2D eigenvalue weighted by molar-refractivity contribution is -0.123. The first-order valence-corrected chi connectivity index (χ1v) is 13.5. The van der Waals surface area contributed by atoms with Crippen molar-refractivity contribution in [3.05, 3.63) is 92.1 Å². The zero-order valence-electron chi connectivity index (χ0n) is 22.2. The molecule has 2 aromatic carbocycles. The topological polar surface area (TPSA) is 91.8 Å². The number of aromatic hydroxyl groups is 1. The third-order valence-electron chi connectivity index (χ3n) is 8.83. The number of Topliss-reactive ketones (excluding diaryl/α,β-unsaturated/α-hetero) is 1. The molecule has 4 aliphatic rings. The first-order chi connectivity index (χ1) is 18.5. The van der Waals surface area contributed by atoms with Crippen LogP contribution >= 0.6 is 11.6 Å². The van der Waals surface area contributed by atoms with Gasteiger partial charge in [-0.2, -0.15) is 0 Å². The highest BCUT2D eigenvalue weighted by molar-refractivity contribution is 6.32. The lowest BCUT2D eigenvalue weighted by Gasteiger charge is -2.42. The van der Waals surface area contributed by atoms with E-state index >= 15 is 0 Å². The van der Waals surface area contributed by atoms with Gasteiger partial charge in [-0.3, -0.25) is 19.2 Å². The molecule has 0 aromatic heterocycles. The van der Waals surface area contributed by atoms with Crippen LogP contribution in [0.4, 0.5) is 5.69 Å². The molecule has 2 amide bonds. The van der Waals surface area contributed by atoms with Gasteiger partial charge in [0, 0.05) is 27.7 Å². The molecule has 39 heavy (non-hydrogen) atoms. The maximum absolute atomic E-state index is 14.0. The van der Waals surface area contributed by atoms with E-state index in [2.05, 4.69) is 0 Å². The van der Waals surface area contributed by atoms with Crippen LogP contribution in [0.15, 0.2) is 64.8 Å². The number of phenolic OH excluding ortho intramolecular Hbond substituents is 1. The zero-order valence-corrected chi connectivity index (χ0v) is 22.9. The van der Waals surface area contributed by atoms with Crippen LogP contribution in [0, 0.1) is 38.5 Å². The van der Waals surface area contributed by atoms with Crippen LogP contribution in [0.3, 0.4) is 0 Å². The van der Waals surface area contributed by atoms with Crippen LogP contribution < -0.4 is 4.90 Å². The molecule has 1 N–H and O–H groups in total. The molecule has 4 unspecified atom stereocenters. The number of ketones is 2. The summed E-state index contributed by atoms with van der Waals surface area (Å²) >= 11 is 6.33. The van der Waals surface area contributed by atoms with Gasteiger partial charge in [-0.25, -0.2) is 4.90 Å². The number of carbonyl (C=O) groups is 4. The van der Waals surface area contributed by atoms with E-state index < -0.39 is 23.7 Å². The molecule has 6 nitrogen and oxygen atoms in total. The lowest BCUT2D eigenvalue weighted by atomic mass is 9.59. The van der Waals surface area contributed by atoms with Crippen molar-refractivity contribution in [1.82, 2.24) is 0 Å². The van der Waals surface area contributed by atoms with Crippen molar-refractivity contribution in [3.63, 3.8) is 0 Å². The molecule has 6 rings (SSSR count). The van der Waals surface area contributed by atoms with Gasteiger partial charge >= 0.3 is 0 Å². The van der Waals surface area contributed by atoms with E-state index in [4.69, 9.17) is 11.6 Å². The number of imide groups is 1. The Hall–Kier alpha value is -3.77. The predicted molar refractivity (Wildman–Crippen MR) is 148 cm³/mol. The highest BCUT2D eigenvalue weighted by atomic mass is 35.5. The highest BCUT2D eigenvalue weighted by Crippen LogP contribution is 2.55. The Morgan fingerprint density at radius 2 is 1.59 bits per heavy atom. The minimum Gasteiger partial charge on any atom is -0.507 e. The standard InChI is InChI=1S/C32H28ClNO5/c1-14-5-6-19(12-24(14)33)34-31(38)21-8-7-20-22(27(21)32(34)39)13-23-25(35)11-17(4)30(37)28(23)26(20)18-9-15(2)29(36)16(3)10-18/h5-7,9-12,21-22,26-27,36H,8,13H2,1-4H3. The molecule has 4 atom stereocenters. The molecule has 0 bridgehead atoms. The molecule has 1 saturated heterocycles. The smallest absolute Gasteiger partial charge is 0.238 e. The van der Waals surface area contributed by atoms with E-state index in [1.807, 2.05) is 25.1 Å². The number of amides is 2. The average Bonchev–Trinajstić information content (AvgIpc) is 3.15. The average molecular weight is 542 g/mol. The summed E-state index contributed by atoms with van der Waals surface area (Å²) in [6.45, 7) is 7.11. The second kappa shape index (κ2) is 8.88. The molecule has 1 fully saturated rings. The summed E-state index contributed by atoms with van der Waals surface area (Å²) in [6.07, 6.45) is 3.97. The number of allylic oxidation sites excluding steroid dienone is 6. The fourth-order valence-electron chi connectivity index (χ4n) is 6.87. The fourth-order valence-corrected chi connectivity index (χ4v) is 7.05. The second-order valence-electron chi connectivity index (χ2n) is 11.2. The molecule has 3 aliphatic carbocycles. The quantitative estimate of drug-likeness (QED) is 0.303. The molecule has 0 saturated carbocycles. The van der Waals surface area contributed by atoms with E-state index in [0.29, 0.717) is 45.0 Å². The Balaban J connectivity index is 1.50. The van der Waals surface area contributed by atoms with Crippen LogP contribution in [0.5, 0.6) is 5.75 Å². The molecule has 7 heteroatoms. The molecule has 198 valence electrons. The number of hydrogen-bond donors (Lipinski definition) is 1. The molecule has 1 heterocycles. The Bertz CT molecular complexity index is 1600.